The zero-order valence-corrected chi connectivity index (χ0v) is 29.2. The van der Waals surface area contributed by atoms with Gasteiger partial charge in [-0.15, -0.1) is 0 Å². The molecule has 5 aliphatic carbocycles. The number of hydrogen-bond donors (Lipinski definition) is 1. The van der Waals surface area contributed by atoms with Crippen LogP contribution in [0.1, 0.15) is 97.3 Å². The minimum absolute atomic E-state index is 0.0274. The number of benzene rings is 2. The number of allylic oxidation sites excluding steroid dienone is 6. The van der Waals surface area contributed by atoms with Crippen LogP contribution >= 0.6 is 0 Å². The number of nitrogens with zero attached hydrogens (tertiary/aromatic N) is 1. The van der Waals surface area contributed by atoms with Crippen LogP contribution in [0.3, 0.4) is 0 Å². The van der Waals surface area contributed by atoms with Gasteiger partial charge in [-0.1, -0.05) is 114 Å². The molecule has 2 saturated carbocycles. The predicted octanol–water partition coefficient (Wildman–Crippen LogP) is 9.74. The van der Waals surface area contributed by atoms with Crippen LogP contribution in [0.5, 0.6) is 0 Å². The van der Waals surface area contributed by atoms with E-state index in [1.165, 1.54) is 69.9 Å². The Bertz CT molecular complexity index is 1770. The molecule has 0 radical (unpaired) electrons. The summed E-state index contributed by atoms with van der Waals surface area (Å²) in [5, 5.41) is 15.0. The van der Waals surface area contributed by atoms with E-state index in [1.807, 2.05) is 0 Å². The maximum absolute atomic E-state index is 12.4. The minimum atomic E-state index is -1.30. The summed E-state index contributed by atoms with van der Waals surface area (Å²) in [5.41, 5.74) is 6.94. The van der Waals surface area contributed by atoms with Crippen LogP contribution in [-0.4, -0.2) is 30.3 Å². The lowest BCUT2D eigenvalue weighted by Crippen LogP contribution is -2.34. The van der Waals surface area contributed by atoms with Gasteiger partial charge in [-0.25, -0.2) is 0 Å². The van der Waals surface area contributed by atoms with E-state index in [-0.39, 0.29) is 11.5 Å². The molecule has 1 aliphatic heterocycles. The molecular formula is C43H53NO2. The molecule has 46 heavy (non-hydrogen) atoms. The van der Waals surface area contributed by atoms with E-state index in [4.69, 9.17) is 9.73 Å². The van der Waals surface area contributed by atoms with Gasteiger partial charge in [0.2, 0.25) is 0 Å². The Morgan fingerprint density at radius 1 is 1.04 bits per heavy atom. The molecule has 0 saturated heterocycles. The molecule has 0 amide bonds. The Morgan fingerprint density at radius 2 is 1.80 bits per heavy atom. The van der Waals surface area contributed by atoms with E-state index in [9.17, 15) is 5.11 Å². The van der Waals surface area contributed by atoms with E-state index in [2.05, 4.69) is 115 Å². The quantitative estimate of drug-likeness (QED) is 0.260. The standard InChI is InChI=1S/C43H53NO2/c1-9-10-13-25(2)20-26-16-17-27-18-19-29-32(31(27)21-26)23-36-38(29)37-33-22-34(40(3,4)5)28-14-11-12-15-30(28)39(33)42(7)41(6,35(37)24-44-36)43(42,45)46-8/h11-12,14-19,21-22,24-25,27,29,31-32,36,38,45H,9-10,13,20,23H2,1-8H3. The number of rotatable bonds is 6. The van der Waals surface area contributed by atoms with Crippen molar-refractivity contribution in [3.05, 3.63) is 88.5 Å². The van der Waals surface area contributed by atoms with Gasteiger partial charge in [-0.05, 0) is 100 Å². The fourth-order valence-electron chi connectivity index (χ4n) is 11.2. The first-order valence-corrected chi connectivity index (χ1v) is 18.1. The normalized spacial score (nSPS) is 38.8. The Kier molecular flexibility index (Phi) is 6.73. The molecule has 8 rings (SSSR count). The number of unbranched alkanes of at least 4 members (excludes halogenated alkanes) is 1. The van der Waals surface area contributed by atoms with Crippen molar-refractivity contribution in [3.63, 3.8) is 0 Å². The van der Waals surface area contributed by atoms with Gasteiger partial charge >= 0.3 is 0 Å². The maximum atomic E-state index is 12.4. The summed E-state index contributed by atoms with van der Waals surface area (Å²) in [6.45, 7) is 16.2. The molecule has 2 aromatic carbocycles. The molecule has 10 unspecified atom stereocenters. The summed E-state index contributed by atoms with van der Waals surface area (Å²) < 4.78 is 6.14. The second-order valence-corrected chi connectivity index (χ2v) is 17.0. The van der Waals surface area contributed by atoms with Gasteiger partial charge in [0.15, 0.2) is 5.79 Å². The first kappa shape index (κ1) is 30.6. The summed E-state index contributed by atoms with van der Waals surface area (Å²) in [6.07, 6.45) is 21.0. The topological polar surface area (TPSA) is 41.8 Å². The van der Waals surface area contributed by atoms with Crippen LogP contribution in [0.15, 0.2) is 76.9 Å². The van der Waals surface area contributed by atoms with Crippen molar-refractivity contribution >= 4 is 22.6 Å². The number of dihydropyridines is 1. The first-order chi connectivity index (χ1) is 21.9. The number of methoxy groups -OCH3 is 1. The number of ether oxygens (including phenoxy) is 1. The van der Waals surface area contributed by atoms with Gasteiger partial charge in [0.05, 0.1) is 16.9 Å². The van der Waals surface area contributed by atoms with Crippen LogP contribution in [0.2, 0.25) is 0 Å². The Morgan fingerprint density at radius 3 is 2.52 bits per heavy atom. The zero-order chi connectivity index (χ0) is 32.4. The van der Waals surface area contributed by atoms with E-state index >= 15 is 0 Å². The van der Waals surface area contributed by atoms with E-state index in [1.54, 1.807) is 7.11 Å². The lowest BCUT2D eigenvalue weighted by Gasteiger charge is -2.41. The lowest BCUT2D eigenvalue weighted by molar-refractivity contribution is -0.134. The summed E-state index contributed by atoms with van der Waals surface area (Å²) in [6, 6.07) is 11.6. The molecule has 3 nitrogen and oxygen atoms in total. The largest absolute Gasteiger partial charge is 0.364 e. The van der Waals surface area contributed by atoms with Crippen molar-refractivity contribution in [1.29, 1.82) is 0 Å². The van der Waals surface area contributed by atoms with Gasteiger partial charge < -0.3 is 9.84 Å². The lowest BCUT2D eigenvalue weighted by atomic mass is 9.62. The molecule has 0 aromatic heterocycles. The van der Waals surface area contributed by atoms with Crippen LogP contribution in [0.25, 0.3) is 16.3 Å². The monoisotopic (exact) mass is 615 g/mol. The molecule has 1 heterocycles. The van der Waals surface area contributed by atoms with E-state index < -0.39 is 16.6 Å². The highest BCUT2D eigenvalue weighted by molar-refractivity contribution is 6.06. The molecule has 1 N–H and O–H groups in total. The molecule has 242 valence electrons. The Labute approximate surface area is 276 Å². The molecule has 2 fully saturated rings. The van der Waals surface area contributed by atoms with Crippen molar-refractivity contribution in [2.75, 3.05) is 7.11 Å². The van der Waals surface area contributed by atoms with Gasteiger partial charge in [0, 0.05) is 25.2 Å². The van der Waals surface area contributed by atoms with Crippen molar-refractivity contribution in [3.8, 4) is 0 Å². The smallest absolute Gasteiger partial charge is 0.186 e. The highest BCUT2D eigenvalue weighted by Gasteiger charge is 2.87. The second-order valence-electron chi connectivity index (χ2n) is 17.0. The fourth-order valence-corrected chi connectivity index (χ4v) is 11.2. The Balaban J connectivity index is 1.29. The zero-order valence-electron chi connectivity index (χ0n) is 29.2. The summed E-state index contributed by atoms with van der Waals surface area (Å²) in [4.78, 5) is 5.38. The Hall–Kier alpha value is -2.75. The molecule has 2 aromatic rings. The summed E-state index contributed by atoms with van der Waals surface area (Å²) >= 11 is 0. The number of aliphatic imine (C=N–C) groups is 1. The fraction of sp³-hybridized carbons (Fsp3) is 0.558. The maximum Gasteiger partial charge on any atom is 0.186 e. The molecular weight excluding hydrogens is 562 g/mol. The van der Waals surface area contributed by atoms with Gasteiger partial charge in [-0.3, -0.25) is 4.99 Å². The first-order valence-electron chi connectivity index (χ1n) is 18.1. The van der Waals surface area contributed by atoms with Crippen LogP contribution < -0.4 is 0 Å². The molecule has 0 bridgehead atoms. The van der Waals surface area contributed by atoms with Gasteiger partial charge in [-0.2, -0.15) is 0 Å². The van der Waals surface area contributed by atoms with Gasteiger partial charge in [0.25, 0.3) is 0 Å². The number of aliphatic hydroxyl groups is 1. The summed E-state index contributed by atoms with van der Waals surface area (Å²) in [7, 11) is 1.68. The van der Waals surface area contributed by atoms with Crippen LogP contribution in [-0.2, 0) is 15.6 Å². The highest BCUT2D eigenvalue weighted by atomic mass is 16.6. The predicted molar refractivity (Wildman–Crippen MR) is 191 cm³/mol. The molecule has 3 heteroatoms. The van der Waals surface area contributed by atoms with Crippen molar-refractivity contribution in [2.45, 2.75) is 103 Å². The van der Waals surface area contributed by atoms with E-state index in [0.29, 0.717) is 29.6 Å². The van der Waals surface area contributed by atoms with E-state index in [0.717, 1.165) is 12.3 Å². The SMILES string of the molecule is CCCCC(C)CC1=CC2C(C=C1)C=CC1C2CC2N=CC3=C(c4cc(C(C)(C)C)c5ccccc5c4C4(C)C(O)(OC)C34C)C21. The third kappa shape index (κ3) is 3.76. The average Bonchev–Trinajstić information content (AvgIpc) is 3.26. The second kappa shape index (κ2) is 10.1. The van der Waals surface area contributed by atoms with Crippen molar-refractivity contribution < 1.29 is 9.84 Å². The summed E-state index contributed by atoms with van der Waals surface area (Å²) in [5.74, 6) is 1.71. The third-order valence-electron chi connectivity index (χ3n) is 13.7. The van der Waals surface area contributed by atoms with Gasteiger partial charge in [0.1, 0.15) is 0 Å². The molecule has 10 atom stereocenters. The molecule has 0 spiro atoms. The average molecular weight is 616 g/mol. The number of hydrogen-bond acceptors (Lipinski definition) is 3. The number of fused-ring (bicyclic) bond motifs is 13. The van der Waals surface area contributed by atoms with Crippen molar-refractivity contribution in [1.82, 2.24) is 0 Å². The third-order valence-corrected chi connectivity index (χ3v) is 13.7. The highest BCUT2D eigenvalue weighted by Crippen LogP contribution is 2.80. The minimum Gasteiger partial charge on any atom is -0.364 e. The molecule has 6 aliphatic rings. The van der Waals surface area contributed by atoms with Crippen LogP contribution in [0.4, 0.5) is 0 Å². The van der Waals surface area contributed by atoms with Crippen molar-refractivity contribution in [2.24, 2.45) is 45.9 Å². The van der Waals surface area contributed by atoms with Crippen LogP contribution in [0, 0.1) is 40.9 Å².